The lowest BCUT2D eigenvalue weighted by Crippen LogP contribution is -2.41. The summed E-state index contributed by atoms with van der Waals surface area (Å²) >= 11 is 12.1. The fraction of sp³-hybridized carbons (Fsp3) is 0.263. The van der Waals surface area contributed by atoms with E-state index in [-0.39, 0.29) is 37.3 Å². The van der Waals surface area contributed by atoms with E-state index < -0.39 is 0 Å². The van der Waals surface area contributed by atoms with Crippen molar-refractivity contribution >= 4 is 40.7 Å². The number of hydrogen-bond acceptors (Lipinski definition) is 3. The number of anilines is 1. The smallest absolute Gasteiger partial charge is 0.238 e. The average molecular weight is 412 g/mol. The number of likely N-dealkylation sites (N-methyl/N-ethyl adjacent to an activating group) is 1. The van der Waals surface area contributed by atoms with E-state index in [9.17, 15) is 14.0 Å². The number of carbonyl (C=O) groups excluding carboxylic acids is 2. The van der Waals surface area contributed by atoms with E-state index in [1.165, 1.54) is 6.07 Å². The fourth-order valence-electron chi connectivity index (χ4n) is 2.37. The van der Waals surface area contributed by atoms with Gasteiger partial charge in [-0.2, -0.15) is 0 Å². The molecule has 0 saturated heterocycles. The molecule has 0 aliphatic heterocycles. The largest absolute Gasteiger partial charge is 0.351 e. The molecule has 0 unspecified atom stereocenters. The van der Waals surface area contributed by atoms with Gasteiger partial charge in [-0.1, -0.05) is 54.4 Å². The maximum Gasteiger partial charge on any atom is 0.238 e. The number of nitrogens with one attached hydrogen (secondary N) is 2. The van der Waals surface area contributed by atoms with Crippen LogP contribution in [0.2, 0.25) is 10.0 Å². The highest BCUT2D eigenvalue weighted by Gasteiger charge is 2.15. The van der Waals surface area contributed by atoms with Gasteiger partial charge < -0.3 is 10.6 Å². The first-order chi connectivity index (χ1) is 12.9. The number of benzene rings is 2. The average Bonchev–Trinajstić information content (AvgIpc) is 2.63. The summed E-state index contributed by atoms with van der Waals surface area (Å²) in [5.41, 5.74) is 0.742. The van der Waals surface area contributed by atoms with Crippen LogP contribution in [0.3, 0.4) is 0 Å². The first kappa shape index (κ1) is 21.2. The molecule has 2 rings (SSSR count). The van der Waals surface area contributed by atoms with Crippen molar-refractivity contribution in [3.8, 4) is 0 Å². The molecule has 144 valence electrons. The van der Waals surface area contributed by atoms with Gasteiger partial charge in [-0.15, -0.1) is 0 Å². The summed E-state index contributed by atoms with van der Waals surface area (Å²) in [5, 5.41) is 5.98. The van der Waals surface area contributed by atoms with Crippen LogP contribution in [-0.4, -0.2) is 36.3 Å². The molecule has 27 heavy (non-hydrogen) atoms. The first-order valence-electron chi connectivity index (χ1n) is 8.37. The molecule has 0 fully saturated rings. The number of amides is 2. The summed E-state index contributed by atoms with van der Waals surface area (Å²) < 4.78 is 13.6. The fourth-order valence-corrected chi connectivity index (χ4v) is 2.87. The molecule has 8 heteroatoms. The Bertz CT molecular complexity index is 797. The second kappa shape index (κ2) is 10.3. The quantitative estimate of drug-likeness (QED) is 0.695. The summed E-state index contributed by atoms with van der Waals surface area (Å²) in [4.78, 5) is 26.0. The number of halogens is 3. The van der Waals surface area contributed by atoms with E-state index in [0.29, 0.717) is 27.8 Å². The molecule has 5 nitrogen and oxygen atoms in total. The zero-order chi connectivity index (χ0) is 19.8. The Kier molecular flexibility index (Phi) is 8.03. The predicted molar refractivity (Wildman–Crippen MR) is 105 cm³/mol. The van der Waals surface area contributed by atoms with Gasteiger partial charge in [0.1, 0.15) is 5.82 Å². The zero-order valence-corrected chi connectivity index (χ0v) is 16.3. The lowest BCUT2D eigenvalue weighted by atomic mass is 10.2. The Hall–Kier alpha value is -2.15. The van der Waals surface area contributed by atoms with Gasteiger partial charge in [0.05, 0.1) is 28.8 Å². The van der Waals surface area contributed by atoms with E-state index in [4.69, 9.17) is 23.2 Å². The Labute approximate surface area is 167 Å². The topological polar surface area (TPSA) is 61.4 Å². The van der Waals surface area contributed by atoms with Crippen LogP contribution in [0.25, 0.3) is 0 Å². The third-order valence-electron chi connectivity index (χ3n) is 3.84. The van der Waals surface area contributed by atoms with Crippen molar-refractivity contribution in [3.05, 3.63) is 63.9 Å². The lowest BCUT2D eigenvalue weighted by Gasteiger charge is -2.20. The molecule has 0 aliphatic rings. The third-order valence-corrected chi connectivity index (χ3v) is 4.47. The Balaban J connectivity index is 1.86. The van der Waals surface area contributed by atoms with Gasteiger partial charge in [-0.3, -0.25) is 14.5 Å². The molecular formula is C19H20Cl2FN3O2. The number of rotatable bonds is 8. The van der Waals surface area contributed by atoms with Crippen molar-refractivity contribution in [1.29, 1.82) is 0 Å². The zero-order valence-electron chi connectivity index (χ0n) is 14.8. The van der Waals surface area contributed by atoms with Gasteiger partial charge in [0, 0.05) is 12.1 Å². The van der Waals surface area contributed by atoms with Gasteiger partial charge in [0.15, 0.2) is 0 Å². The van der Waals surface area contributed by atoms with Crippen LogP contribution in [0.15, 0.2) is 42.5 Å². The van der Waals surface area contributed by atoms with Crippen molar-refractivity contribution in [1.82, 2.24) is 10.2 Å². The molecule has 2 aromatic rings. The minimum Gasteiger partial charge on any atom is -0.351 e. The number of hydrogen-bond donors (Lipinski definition) is 2. The molecule has 0 aromatic heterocycles. The number of nitrogens with zero attached hydrogens (tertiary/aromatic N) is 1. The van der Waals surface area contributed by atoms with E-state index in [0.717, 1.165) is 0 Å². The minimum atomic E-state index is -0.374. The molecule has 0 radical (unpaired) electrons. The maximum absolute atomic E-state index is 13.6. The van der Waals surface area contributed by atoms with Gasteiger partial charge in [0.2, 0.25) is 11.8 Å². The Morgan fingerprint density at radius 1 is 1.00 bits per heavy atom. The van der Waals surface area contributed by atoms with Crippen molar-refractivity contribution in [3.63, 3.8) is 0 Å². The van der Waals surface area contributed by atoms with Crippen LogP contribution in [-0.2, 0) is 16.1 Å². The summed E-state index contributed by atoms with van der Waals surface area (Å²) in [7, 11) is 0. The predicted octanol–water partition coefficient (Wildman–Crippen LogP) is 3.71. The first-order valence-corrected chi connectivity index (χ1v) is 9.12. The molecule has 0 heterocycles. The second-order valence-electron chi connectivity index (χ2n) is 5.82. The summed E-state index contributed by atoms with van der Waals surface area (Å²) in [6, 6.07) is 11.2. The molecule has 0 spiro atoms. The standard InChI is InChI=1S/C19H20Cl2FN3O2/c1-2-25(11-17(26)23-10-13-6-3-4-9-16(13)22)12-18(27)24-19-14(20)7-5-8-15(19)21/h3-9H,2,10-12H2,1H3,(H,23,26)(H,24,27). The number of carbonyl (C=O) groups is 2. The van der Waals surface area contributed by atoms with Crippen LogP contribution < -0.4 is 10.6 Å². The van der Waals surface area contributed by atoms with Crippen LogP contribution in [0.5, 0.6) is 0 Å². The lowest BCUT2D eigenvalue weighted by molar-refractivity contribution is -0.123. The highest BCUT2D eigenvalue weighted by Crippen LogP contribution is 2.29. The Morgan fingerprint density at radius 2 is 1.63 bits per heavy atom. The van der Waals surface area contributed by atoms with Crippen LogP contribution >= 0.6 is 23.2 Å². The molecular weight excluding hydrogens is 392 g/mol. The molecule has 2 amide bonds. The summed E-state index contributed by atoms with van der Waals surface area (Å²) in [6.45, 7) is 2.40. The molecule has 2 N–H and O–H groups in total. The molecule has 0 bridgehead atoms. The van der Waals surface area contributed by atoms with Gasteiger partial charge in [0.25, 0.3) is 0 Å². The van der Waals surface area contributed by atoms with Gasteiger partial charge >= 0.3 is 0 Å². The third kappa shape index (κ3) is 6.50. The van der Waals surface area contributed by atoms with E-state index in [2.05, 4.69) is 10.6 Å². The SMILES string of the molecule is CCN(CC(=O)NCc1ccccc1F)CC(=O)Nc1c(Cl)cccc1Cl. The molecule has 0 atom stereocenters. The Morgan fingerprint density at radius 3 is 2.26 bits per heavy atom. The number of para-hydroxylation sites is 1. The highest BCUT2D eigenvalue weighted by atomic mass is 35.5. The van der Waals surface area contributed by atoms with Crippen molar-refractivity contribution < 1.29 is 14.0 Å². The van der Waals surface area contributed by atoms with E-state index >= 15 is 0 Å². The van der Waals surface area contributed by atoms with Crippen molar-refractivity contribution in [2.75, 3.05) is 25.0 Å². The monoisotopic (exact) mass is 411 g/mol. The second-order valence-corrected chi connectivity index (χ2v) is 6.63. The van der Waals surface area contributed by atoms with E-state index in [1.54, 1.807) is 41.3 Å². The van der Waals surface area contributed by atoms with Crippen molar-refractivity contribution in [2.24, 2.45) is 0 Å². The minimum absolute atomic E-state index is 0.00856. The van der Waals surface area contributed by atoms with Crippen LogP contribution in [0, 0.1) is 5.82 Å². The highest BCUT2D eigenvalue weighted by molar-refractivity contribution is 6.39. The molecule has 2 aromatic carbocycles. The normalized spacial score (nSPS) is 10.7. The molecule has 0 saturated carbocycles. The van der Waals surface area contributed by atoms with Gasteiger partial charge in [-0.05, 0) is 24.7 Å². The van der Waals surface area contributed by atoms with Crippen molar-refractivity contribution in [2.45, 2.75) is 13.5 Å². The van der Waals surface area contributed by atoms with Crippen LogP contribution in [0.4, 0.5) is 10.1 Å². The molecule has 0 aliphatic carbocycles. The van der Waals surface area contributed by atoms with Crippen LogP contribution in [0.1, 0.15) is 12.5 Å². The van der Waals surface area contributed by atoms with E-state index in [1.807, 2.05) is 6.92 Å². The van der Waals surface area contributed by atoms with Gasteiger partial charge in [-0.25, -0.2) is 4.39 Å². The maximum atomic E-state index is 13.6. The summed E-state index contributed by atoms with van der Waals surface area (Å²) in [6.07, 6.45) is 0. The summed E-state index contributed by atoms with van der Waals surface area (Å²) in [5.74, 6) is -1.02.